The predicted octanol–water partition coefficient (Wildman–Crippen LogP) is 3.48. The number of anilines is 1. The molecule has 138 valence electrons. The molecule has 0 aliphatic rings. The van der Waals surface area contributed by atoms with Gasteiger partial charge in [-0.05, 0) is 30.3 Å². The standard InChI is InChI=1S/C18H18Cl2N2O4/c1-22(18(24)11-26-15-6-4-3-5-13(15)20)10-17(23)21-14-9-12(19)7-8-16(14)25-2/h3-9H,10-11H2,1-2H3,(H,21,23). The summed E-state index contributed by atoms with van der Waals surface area (Å²) in [5.74, 6) is 0.125. The highest BCUT2D eigenvalue weighted by Crippen LogP contribution is 2.27. The SMILES string of the molecule is COc1ccc(Cl)cc1NC(=O)CN(C)C(=O)COc1ccccc1Cl. The molecule has 0 saturated carbocycles. The summed E-state index contributed by atoms with van der Waals surface area (Å²) in [4.78, 5) is 25.5. The summed E-state index contributed by atoms with van der Waals surface area (Å²) in [5.41, 5.74) is 0.429. The third-order valence-electron chi connectivity index (χ3n) is 3.43. The predicted molar refractivity (Wildman–Crippen MR) is 101 cm³/mol. The van der Waals surface area contributed by atoms with Crippen LogP contribution in [0.4, 0.5) is 5.69 Å². The second-order valence-electron chi connectivity index (χ2n) is 5.36. The first-order valence-corrected chi connectivity index (χ1v) is 8.41. The van der Waals surface area contributed by atoms with E-state index in [-0.39, 0.29) is 25.0 Å². The molecule has 0 radical (unpaired) electrons. The van der Waals surface area contributed by atoms with Crippen molar-refractivity contribution in [1.29, 1.82) is 0 Å². The van der Waals surface area contributed by atoms with E-state index in [0.717, 1.165) is 0 Å². The molecule has 0 aliphatic carbocycles. The molecule has 2 rings (SSSR count). The first-order chi connectivity index (χ1) is 12.4. The van der Waals surface area contributed by atoms with Crippen molar-refractivity contribution in [3.05, 3.63) is 52.5 Å². The lowest BCUT2D eigenvalue weighted by Crippen LogP contribution is -2.37. The van der Waals surface area contributed by atoms with E-state index in [9.17, 15) is 9.59 Å². The van der Waals surface area contributed by atoms with Crippen LogP contribution in [0.5, 0.6) is 11.5 Å². The molecule has 6 nitrogen and oxygen atoms in total. The highest BCUT2D eigenvalue weighted by molar-refractivity contribution is 6.32. The van der Waals surface area contributed by atoms with Crippen molar-refractivity contribution in [2.24, 2.45) is 0 Å². The number of benzene rings is 2. The van der Waals surface area contributed by atoms with Crippen LogP contribution in [0.2, 0.25) is 10.0 Å². The molecule has 26 heavy (non-hydrogen) atoms. The lowest BCUT2D eigenvalue weighted by Gasteiger charge is -2.18. The van der Waals surface area contributed by atoms with Gasteiger partial charge < -0.3 is 19.7 Å². The Kier molecular flexibility index (Phi) is 7.12. The molecule has 0 aliphatic heterocycles. The molecular weight excluding hydrogens is 379 g/mol. The summed E-state index contributed by atoms with van der Waals surface area (Å²) >= 11 is 11.9. The van der Waals surface area contributed by atoms with Crippen LogP contribution >= 0.6 is 23.2 Å². The van der Waals surface area contributed by atoms with Crippen molar-refractivity contribution in [3.63, 3.8) is 0 Å². The molecule has 2 aromatic rings. The van der Waals surface area contributed by atoms with Crippen LogP contribution in [0.15, 0.2) is 42.5 Å². The molecule has 0 bridgehead atoms. The summed E-state index contributed by atoms with van der Waals surface area (Å²) in [6.07, 6.45) is 0. The number of halogens is 2. The number of rotatable bonds is 7. The summed E-state index contributed by atoms with van der Waals surface area (Å²) in [6.45, 7) is -0.381. The second kappa shape index (κ2) is 9.31. The molecule has 0 fully saturated rings. The van der Waals surface area contributed by atoms with Gasteiger partial charge in [-0.15, -0.1) is 0 Å². The quantitative estimate of drug-likeness (QED) is 0.777. The molecule has 0 aromatic heterocycles. The van der Waals surface area contributed by atoms with E-state index in [0.29, 0.717) is 27.2 Å². The molecular formula is C18H18Cl2N2O4. The number of para-hydroxylation sites is 1. The Labute approximate surface area is 161 Å². The number of hydrogen-bond acceptors (Lipinski definition) is 4. The van der Waals surface area contributed by atoms with Crippen LogP contribution < -0.4 is 14.8 Å². The minimum atomic E-state index is -0.390. The van der Waals surface area contributed by atoms with E-state index in [4.69, 9.17) is 32.7 Å². The number of amides is 2. The average molecular weight is 397 g/mol. The van der Waals surface area contributed by atoms with Crippen LogP contribution in [-0.2, 0) is 9.59 Å². The summed E-state index contributed by atoms with van der Waals surface area (Å²) in [7, 11) is 2.99. The van der Waals surface area contributed by atoms with Gasteiger partial charge >= 0.3 is 0 Å². The third kappa shape index (κ3) is 5.54. The second-order valence-corrected chi connectivity index (χ2v) is 6.21. The van der Waals surface area contributed by atoms with Crippen LogP contribution in [0.1, 0.15) is 0 Å². The first kappa shape index (κ1) is 19.9. The van der Waals surface area contributed by atoms with Crippen molar-refractivity contribution in [2.75, 3.05) is 32.6 Å². The summed E-state index contributed by atoms with van der Waals surface area (Å²) in [6, 6.07) is 11.7. The molecule has 1 N–H and O–H groups in total. The maximum Gasteiger partial charge on any atom is 0.260 e. The van der Waals surface area contributed by atoms with Crippen LogP contribution in [-0.4, -0.2) is 44.0 Å². The Hall–Kier alpha value is -2.44. The van der Waals surface area contributed by atoms with E-state index in [1.54, 1.807) is 42.5 Å². The monoisotopic (exact) mass is 396 g/mol. The Morgan fingerprint density at radius 2 is 1.85 bits per heavy atom. The van der Waals surface area contributed by atoms with Crippen molar-refractivity contribution in [3.8, 4) is 11.5 Å². The van der Waals surface area contributed by atoms with Gasteiger partial charge in [-0.1, -0.05) is 35.3 Å². The van der Waals surface area contributed by atoms with Crippen LogP contribution in [0.3, 0.4) is 0 Å². The number of nitrogens with zero attached hydrogens (tertiary/aromatic N) is 1. The smallest absolute Gasteiger partial charge is 0.260 e. The van der Waals surface area contributed by atoms with Gasteiger partial charge in [0.05, 0.1) is 24.4 Å². The zero-order chi connectivity index (χ0) is 19.1. The minimum absolute atomic E-state index is 0.152. The van der Waals surface area contributed by atoms with E-state index < -0.39 is 0 Å². The number of carbonyl (C=O) groups is 2. The van der Waals surface area contributed by atoms with Gasteiger partial charge in [-0.2, -0.15) is 0 Å². The normalized spacial score (nSPS) is 10.2. The molecule has 0 unspecified atom stereocenters. The van der Waals surface area contributed by atoms with Gasteiger partial charge in [-0.3, -0.25) is 9.59 Å². The minimum Gasteiger partial charge on any atom is -0.495 e. The number of carbonyl (C=O) groups excluding carboxylic acids is 2. The van der Waals surface area contributed by atoms with Crippen LogP contribution in [0.25, 0.3) is 0 Å². The van der Waals surface area contributed by atoms with E-state index in [2.05, 4.69) is 5.32 Å². The Bertz CT molecular complexity index is 799. The van der Waals surface area contributed by atoms with E-state index in [1.807, 2.05) is 0 Å². The van der Waals surface area contributed by atoms with Gasteiger partial charge in [0, 0.05) is 12.1 Å². The van der Waals surface area contributed by atoms with Gasteiger partial charge in [0.1, 0.15) is 11.5 Å². The lowest BCUT2D eigenvalue weighted by molar-refractivity contribution is -0.135. The average Bonchev–Trinajstić information content (AvgIpc) is 2.60. The van der Waals surface area contributed by atoms with E-state index >= 15 is 0 Å². The number of likely N-dealkylation sites (N-methyl/N-ethyl adjacent to an activating group) is 1. The third-order valence-corrected chi connectivity index (χ3v) is 3.98. The molecule has 0 saturated heterocycles. The molecule has 2 aromatic carbocycles. The fraction of sp³-hybridized carbons (Fsp3) is 0.222. The van der Waals surface area contributed by atoms with E-state index in [1.165, 1.54) is 19.1 Å². The highest BCUT2D eigenvalue weighted by atomic mass is 35.5. The number of methoxy groups -OCH3 is 1. The lowest BCUT2D eigenvalue weighted by atomic mass is 10.3. The molecule has 0 atom stereocenters. The molecule has 0 spiro atoms. The largest absolute Gasteiger partial charge is 0.495 e. The Morgan fingerprint density at radius 3 is 2.54 bits per heavy atom. The van der Waals surface area contributed by atoms with Crippen molar-refractivity contribution >= 4 is 40.7 Å². The maximum atomic E-state index is 12.2. The summed E-state index contributed by atoms with van der Waals surface area (Å²) in [5, 5.41) is 3.53. The van der Waals surface area contributed by atoms with Crippen molar-refractivity contribution < 1.29 is 19.1 Å². The fourth-order valence-electron chi connectivity index (χ4n) is 2.08. The summed E-state index contributed by atoms with van der Waals surface area (Å²) < 4.78 is 10.5. The zero-order valence-corrected chi connectivity index (χ0v) is 15.8. The number of ether oxygens (including phenoxy) is 2. The number of nitrogens with one attached hydrogen (secondary N) is 1. The molecule has 2 amide bonds. The van der Waals surface area contributed by atoms with Gasteiger partial charge in [0.2, 0.25) is 5.91 Å². The number of hydrogen-bond donors (Lipinski definition) is 1. The Balaban J connectivity index is 1.89. The molecule has 8 heteroatoms. The van der Waals surface area contributed by atoms with Gasteiger partial charge in [0.25, 0.3) is 5.91 Å². The van der Waals surface area contributed by atoms with Crippen LogP contribution in [0, 0.1) is 0 Å². The Morgan fingerprint density at radius 1 is 1.12 bits per heavy atom. The fourth-order valence-corrected chi connectivity index (χ4v) is 2.45. The first-order valence-electron chi connectivity index (χ1n) is 7.65. The zero-order valence-electron chi connectivity index (χ0n) is 14.3. The van der Waals surface area contributed by atoms with Gasteiger partial charge in [0.15, 0.2) is 6.61 Å². The topological polar surface area (TPSA) is 67.9 Å². The molecule has 0 heterocycles. The maximum absolute atomic E-state index is 12.2. The van der Waals surface area contributed by atoms with Crippen molar-refractivity contribution in [2.45, 2.75) is 0 Å². The van der Waals surface area contributed by atoms with Crippen molar-refractivity contribution in [1.82, 2.24) is 4.90 Å². The van der Waals surface area contributed by atoms with Gasteiger partial charge in [-0.25, -0.2) is 0 Å². The highest BCUT2D eigenvalue weighted by Gasteiger charge is 2.16.